The van der Waals surface area contributed by atoms with Crippen LogP contribution >= 0.6 is 0 Å². The van der Waals surface area contributed by atoms with E-state index >= 15 is 0 Å². The Balaban J connectivity index is 1.42. The minimum atomic E-state index is -4.58. The summed E-state index contributed by atoms with van der Waals surface area (Å²) in [6.45, 7) is 0.860. The van der Waals surface area contributed by atoms with Crippen LogP contribution in [0.15, 0.2) is 36.9 Å². The van der Waals surface area contributed by atoms with Crippen LogP contribution in [0.4, 0.5) is 33.6 Å². The Morgan fingerprint density at radius 2 is 1.90 bits per heavy atom. The number of alkyl halides is 5. The Hall–Kier alpha value is -4.23. The Morgan fingerprint density at radius 3 is 2.55 bits per heavy atom. The zero-order chi connectivity index (χ0) is 28.4. The van der Waals surface area contributed by atoms with Crippen LogP contribution in [-0.2, 0) is 22.8 Å². The second kappa shape index (κ2) is 8.89. The first kappa shape index (κ1) is 26.0. The van der Waals surface area contributed by atoms with Gasteiger partial charge in [-0.2, -0.15) is 13.2 Å². The summed E-state index contributed by atoms with van der Waals surface area (Å²) in [5.41, 5.74) is 5.73. The van der Waals surface area contributed by atoms with Crippen LogP contribution in [0.25, 0.3) is 17.2 Å². The van der Waals surface area contributed by atoms with Crippen LogP contribution in [0.2, 0.25) is 0 Å². The summed E-state index contributed by atoms with van der Waals surface area (Å²) in [4.78, 5) is 35.4. The highest BCUT2D eigenvalue weighted by Crippen LogP contribution is 2.57. The van der Waals surface area contributed by atoms with Gasteiger partial charge in [0.2, 0.25) is 11.8 Å². The zero-order valence-electron chi connectivity index (χ0n) is 21.1. The fourth-order valence-electron chi connectivity index (χ4n) is 5.38. The first-order chi connectivity index (χ1) is 18.9. The lowest BCUT2D eigenvalue weighted by molar-refractivity contribution is -0.137. The number of carbonyl (C=O) groups excluding carboxylic acids is 1. The molecule has 40 heavy (non-hydrogen) atoms. The van der Waals surface area contributed by atoms with Gasteiger partial charge in [-0.1, -0.05) is 0 Å². The van der Waals surface area contributed by atoms with Gasteiger partial charge in [0.25, 0.3) is 0 Å². The highest BCUT2D eigenvalue weighted by molar-refractivity contribution is 6.09. The average molecular weight is 559 g/mol. The monoisotopic (exact) mass is 558 g/mol. The highest BCUT2D eigenvalue weighted by atomic mass is 19.4. The van der Waals surface area contributed by atoms with E-state index in [1.165, 1.54) is 6.07 Å². The van der Waals surface area contributed by atoms with Crippen LogP contribution in [0.3, 0.4) is 0 Å². The maximum Gasteiger partial charge on any atom is 0.417 e. The van der Waals surface area contributed by atoms with Crippen molar-refractivity contribution >= 4 is 23.2 Å². The standard InChI is InChI=1S/C26H23F5N8O/c1-24(27,28)8-2-3-15-22-33-9-10-39(22)12-16(35-15)20-36-19(32)18-21(37-20)38-23(40)25(18,13-4-5-13)17-7-6-14(11-34-17)26(29,30)31/h6-7,9-13H,2-5,8H2,1H3,(H3,32,36,37,38,40). The quantitative estimate of drug-likeness (QED) is 0.312. The predicted molar refractivity (Wildman–Crippen MR) is 133 cm³/mol. The van der Waals surface area contributed by atoms with E-state index in [2.05, 4.69) is 30.2 Å². The van der Waals surface area contributed by atoms with Gasteiger partial charge >= 0.3 is 6.18 Å². The number of imidazole rings is 1. The van der Waals surface area contributed by atoms with Crippen molar-refractivity contribution in [1.29, 1.82) is 0 Å². The molecule has 1 aliphatic heterocycles. The second-order valence-corrected chi connectivity index (χ2v) is 10.3. The molecule has 0 spiro atoms. The number of nitrogens with one attached hydrogen (secondary N) is 1. The normalized spacial score (nSPS) is 19.2. The molecule has 4 aromatic rings. The molecule has 208 valence electrons. The van der Waals surface area contributed by atoms with Gasteiger partial charge in [0.15, 0.2) is 11.5 Å². The number of nitrogen functional groups attached to an aromatic ring is 1. The first-order valence-electron chi connectivity index (χ1n) is 12.6. The molecule has 0 bridgehead atoms. The smallest absolute Gasteiger partial charge is 0.383 e. The topological polar surface area (TPSA) is 124 Å². The van der Waals surface area contributed by atoms with Crippen molar-refractivity contribution in [3.63, 3.8) is 0 Å². The molecule has 0 radical (unpaired) electrons. The van der Waals surface area contributed by atoms with Gasteiger partial charge in [0, 0.05) is 31.2 Å². The number of carbonyl (C=O) groups is 1. The van der Waals surface area contributed by atoms with Gasteiger partial charge in [-0.05, 0) is 50.7 Å². The van der Waals surface area contributed by atoms with Crippen LogP contribution < -0.4 is 11.1 Å². The molecule has 2 aliphatic rings. The molecule has 9 nitrogen and oxygen atoms in total. The fourth-order valence-corrected chi connectivity index (χ4v) is 5.38. The number of pyridine rings is 1. The Bertz CT molecular complexity index is 1630. The summed E-state index contributed by atoms with van der Waals surface area (Å²) >= 11 is 0. The van der Waals surface area contributed by atoms with Crippen LogP contribution in [-0.4, -0.2) is 41.2 Å². The van der Waals surface area contributed by atoms with Crippen LogP contribution in [0.5, 0.6) is 0 Å². The van der Waals surface area contributed by atoms with Gasteiger partial charge in [0.05, 0.1) is 22.5 Å². The molecule has 3 N–H and O–H groups in total. The summed E-state index contributed by atoms with van der Waals surface area (Å²) in [5, 5.41) is 2.74. The SMILES string of the molecule is CC(F)(F)CCCc1nc(-c2nc(N)c3c(n2)NC(=O)C3(c2ccc(C(F)(F)F)cn2)C2CC2)cn2ccnc12. The molecule has 1 aliphatic carbocycles. The molecule has 4 aromatic heterocycles. The molecule has 0 saturated heterocycles. The van der Waals surface area contributed by atoms with E-state index in [1.807, 2.05) is 0 Å². The number of nitrogens with zero attached hydrogens (tertiary/aromatic N) is 6. The summed E-state index contributed by atoms with van der Waals surface area (Å²) < 4.78 is 67.9. The third-order valence-corrected chi connectivity index (χ3v) is 7.31. The van der Waals surface area contributed by atoms with E-state index in [0.29, 0.717) is 30.4 Å². The van der Waals surface area contributed by atoms with Crippen molar-refractivity contribution in [2.45, 2.75) is 56.5 Å². The number of halogens is 5. The largest absolute Gasteiger partial charge is 0.417 e. The molecule has 1 amide bonds. The molecule has 1 atom stereocenters. The molecule has 1 unspecified atom stereocenters. The number of aryl methyl sites for hydroxylation is 1. The molecular formula is C26H23F5N8O. The van der Waals surface area contributed by atoms with Crippen molar-refractivity contribution in [2.24, 2.45) is 5.92 Å². The lowest BCUT2D eigenvalue weighted by atomic mass is 9.74. The number of nitrogens with two attached hydrogens (primary N) is 1. The molecule has 6 rings (SSSR count). The predicted octanol–water partition coefficient (Wildman–Crippen LogP) is 4.81. The van der Waals surface area contributed by atoms with Gasteiger partial charge in [-0.25, -0.2) is 28.7 Å². The number of fused-ring (bicyclic) bond motifs is 2. The second-order valence-electron chi connectivity index (χ2n) is 10.3. The number of hydrogen-bond acceptors (Lipinski definition) is 7. The molecule has 5 heterocycles. The number of anilines is 2. The van der Waals surface area contributed by atoms with E-state index in [-0.39, 0.29) is 59.6 Å². The average Bonchev–Trinajstić information content (AvgIpc) is 3.52. The van der Waals surface area contributed by atoms with Gasteiger partial charge in [0.1, 0.15) is 22.7 Å². The van der Waals surface area contributed by atoms with Crippen molar-refractivity contribution in [3.05, 3.63) is 59.4 Å². The first-order valence-corrected chi connectivity index (χ1v) is 12.6. The van der Waals surface area contributed by atoms with E-state index in [9.17, 15) is 26.7 Å². The van der Waals surface area contributed by atoms with Crippen molar-refractivity contribution in [2.75, 3.05) is 11.1 Å². The van der Waals surface area contributed by atoms with Crippen molar-refractivity contribution in [1.82, 2.24) is 29.3 Å². The molecule has 1 saturated carbocycles. The third-order valence-electron chi connectivity index (χ3n) is 7.31. The van der Waals surface area contributed by atoms with E-state index in [4.69, 9.17) is 5.73 Å². The third kappa shape index (κ3) is 4.31. The number of aromatic nitrogens is 6. The molecular weight excluding hydrogens is 535 g/mol. The van der Waals surface area contributed by atoms with Crippen LogP contribution in [0, 0.1) is 5.92 Å². The lowest BCUT2D eigenvalue weighted by Crippen LogP contribution is -2.39. The minimum absolute atomic E-state index is 0.0355. The van der Waals surface area contributed by atoms with E-state index in [0.717, 1.165) is 13.0 Å². The fraction of sp³-hybridized carbons (Fsp3) is 0.385. The molecule has 1 fully saturated rings. The Kier molecular flexibility index (Phi) is 5.78. The van der Waals surface area contributed by atoms with Crippen molar-refractivity contribution < 1.29 is 26.7 Å². The van der Waals surface area contributed by atoms with E-state index < -0.39 is 29.0 Å². The molecule has 0 aromatic carbocycles. The summed E-state index contributed by atoms with van der Waals surface area (Å²) in [6.07, 6.45) is 2.36. The Morgan fingerprint density at radius 1 is 1.12 bits per heavy atom. The number of amides is 1. The Labute approximate surface area is 224 Å². The van der Waals surface area contributed by atoms with Gasteiger partial charge < -0.3 is 15.5 Å². The van der Waals surface area contributed by atoms with E-state index in [1.54, 1.807) is 23.0 Å². The lowest BCUT2D eigenvalue weighted by Gasteiger charge is -2.27. The summed E-state index contributed by atoms with van der Waals surface area (Å²) in [5.74, 6) is -3.36. The maximum absolute atomic E-state index is 13.5. The number of rotatable bonds is 7. The summed E-state index contributed by atoms with van der Waals surface area (Å²) in [6, 6.07) is 2.09. The van der Waals surface area contributed by atoms with Gasteiger partial charge in [-0.3, -0.25) is 9.78 Å². The highest BCUT2D eigenvalue weighted by Gasteiger charge is 2.60. The number of hydrogen-bond donors (Lipinski definition) is 2. The van der Waals surface area contributed by atoms with Crippen LogP contribution in [0.1, 0.15) is 55.1 Å². The maximum atomic E-state index is 13.5. The zero-order valence-corrected chi connectivity index (χ0v) is 21.1. The molecule has 14 heteroatoms. The van der Waals surface area contributed by atoms with Crippen molar-refractivity contribution in [3.8, 4) is 11.5 Å². The minimum Gasteiger partial charge on any atom is -0.383 e. The van der Waals surface area contributed by atoms with Gasteiger partial charge in [-0.15, -0.1) is 0 Å². The summed E-state index contributed by atoms with van der Waals surface area (Å²) in [7, 11) is 0.